The molecular weight excluding hydrogens is 308 g/mol. The third-order valence-corrected chi connectivity index (χ3v) is 3.93. The van der Waals surface area contributed by atoms with Crippen LogP contribution in [0.1, 0.15) is 32.3 Å². The number of unbranched alkanes of at least 4 members (excludes halogenated alkanes) is 1. The van der Waals surface area contributed by atoms with Crippen LogP contribution in [0.5, 0.6) is 5.88 Å². The van der Waals surface area contributed by atoms with Gasteiger partial charge in [-0.05, 0) is 18.4 Å². The Morgan fingerprint density at radius 3 is 2.59 bits per heavy atom. The molecule has 2 aromatic rings. The van der Waals surface area contributed by atoms with E-state index in [1.165, 1.54) is 6.07 Å². The van der Waals surface area contributed by atoms with Gasteiger partial charge in [-0.1, -0.05) is 20.3 Å². The fourth-order valence-electron chi connectivity index (χ4n) is 1.95. The van der Waals surface area contributed by atoms with Crippen molar-refractivity contribution >= 4 is 20.9 Å². The fraction of sp³-hybridized carbons (Fsp3) is 0.500. The molecular formula is C14H18N2O5S. The Morgan fingerprint density at radius 2 is 2.00 bits per heavy atom. The normalized spacial score (nSPS) is 11.8. The van der Waals surface area contributed by atoms with E-state index in [9.17, 15) is 13.2 Å². The van der Waals surface area contributed by atoms with Crippen LogP contribution in [0.25, 0.3) is 11.1 Å². The Labute approximate surface area is 128 Å². The van der Waals surface area contributed by atoms with Crippen molar-refractivity contribution in [2.45, 2.75) is 38.3 Å². The summed E-state index contributed by atoms with van der Waals surface area (Å²) >= 11 is 0. The van der Waals surface area contributed by atoms with E-state index < -0.39 is 20.6 Å². The average molecular weight is 326 g/mol. The Bertz CT molecular complexity index is 842. The summed E-state index contributed by atoms with van der Waals surface area (Å²) < 4.78 is 34.0. The fourth-order valence-corrected chi connectivity index (χ4v) is 2.45. The number of hydrogen-bond acceptors (Lipinski definition) is 7. The molecule has 0 unspecified atom stereocenters. The van der Waals surface area contributed by atoms with Crippen LogP contribution in [-0.2, 0) is 16.3 Å². The minimum atomic E-state index is -3.64. The van der Waals surface area contributed by atoms with Crippen molar-refractivity contribution in [2.75, 3.05) is 12.9 Å². The third-order valence-electron chi connectivity index (χ3n) is 3.08. The van der Waals surface area contributed by atoms with Crippen LogP contribution in [0.3, 0.4) is 0 Å². The molecule has 0 spiro atoms. The summed E-state index contributed by atoms with van der Waals surface area (Å²) in [5, 5.41) is 0.0357. The molecule has 0 aliphatic carbocycles. The zero-order valence-corrected chi connectivity index (χ0v) is 13.6. The number of ether oxygens (including phenoxy) is 1. The molecule has 0 aliphatic heterocycles. The predicted molar refractivity (Wildman–Crippen MR) is 81.0 cm³/mol. The maximum absolute atomic E-state index is 11.7. The highest BCUT2D eigenvalue weighted by Gasteiger charge is 2.20. The molecule has 0 amide bonds. The number of sulfone groups is 1. The monoisotopic (exact) mass is 326 g/mol. The van der Waals surface area contributed by atoms with E-state index in [0.717, 1.165) is 19.1 Å². The van der Waals surface area contributed by atoms with Crippen LogP contribution in [0, 0.1) is 0 Å². The number of aromatic nitrogens is 2. The van der Waals surface area contributed by atoms with Gasteiger partial charge < -0.3 is 9.15 Å². The van der Waals surface area contributed by atoms with Crippen molar-refractivity contribution in [1.29, 1.82) is 0 Å². The van der Waals surface area contributed by atoms with Gasteiger partial charge in [0.2, 0.25) is 21.4 Å². The highest BCUT2D eigenvalue weighted by molar-refractivity contribution is 7.90. The lowest BCUT2D eigenvalue weighted by Gasteiger charge is -2.10. The lowest BCUT2D eigenvalue weighted by atomic mass is 10.1. The van der Waals surface area contributed by atoms with Crippen LogP contribution in [0.2, 0.25) is 0 Å². The second kappa shape index (κ2) is 6.43. The van der Waals surface area contributed by atoms with Gasteiger partial charge in [0.15, 0.2) is 0 Å². The Kier molecular flexibility index (Phi) is 4.80. The van der Waals surface area contributed by atoms with Gasteiger partial charge in [-0.3, -0.25) is 0 Å². The van der Waals surface area contributed by atoms with E-state index in [2.05, 4.69) is 9.97 Å². The van der Waals surface area contributed by atoms with Crippen LogP contribution in [-0.4, -0.2) is 31.2 Å². The zero-order valence-electron chi connectivity index (χ0n) is 12.7. The number of rotatable bonds is 6. The standard InChI is InChI=1S/C14H18N2O5S/c1-4-6-7-20-12-11-9(5-2)8-10(17)21-13(11)16-14(15-12)22(3,18)19/h8H,4-7H2,1-3H3. The minimum absolute atomic E-state index is 0.0636. The summed E-state index contributed by atoms with van der Waals surface area (Å²) in [6.45, 7) is 4.28. The molecule has 120 valence electrons. The Hall–Kier alpha value is -1.96. The van der Waals surface area contributed by atoms with E-state index in [1.54, 1.807) is 0 Å². The maximum atomic E-state index is 11.7. The summed E-state index contributed by atoms with van der Waals surface area (Å²) in [4.78, 5) is 19.4. The quantitative estimate of drug-likeness (QED) is 0.588. The van der Waals surface area contributed by atoms with E-state index in [-0.39, 0.29) is 11.6 Å². The highest BCUT2D eigenvalue weighted by Crippen LogP contribution is 2.27. The summed E-state index contributed by atoms with van der Waals surface area (Å²) in [6, 6.07) is 1.35. The molecule has 8 heteroatoms. The van der Waals surface area contributed by atoms with Crippen molar-refractivity contribution in [3.05, 3.63) is 22.0 Å². The van der Waals surface area contributed by atoms with Gasteiger partial charge in [-0.25, -0.2) is 13.2 Å². The largest absolute Gasteiger partial charge is 0.477 e. The second-order valence-electron chi connectivity index (χ2n) is 4.91. The smallest absolute Gasteiger partial charge is 0.337 e. The zero-order chi connectivity index (χ0) is 16.3. The molecule has 2 heterocycles. The summed E-state index contributed by atoms with van der Waals surface area (Å²) in [5.74, 6) is 0.138. The lowest BCUT2D eigenvalue weighted by molar-refractivity contribution is 0.297. The first kappa shape index (κ1) is 16.4. The topological polar surface area (TPSA) is 99.4 Å². The SMILES string of the molecule is CCCCOc1nc(S(C)(=O)=O)nc2oc(=O)cc(CC)c12. The van der Waals surface area contributed by atoms with Gasteiger partial charge in [-0.15, -0.1) is 0 Å². The molecule has 0 N–H and O–H groups in total. The molecule has 0 saturated carbocycles. The molecule has 0 fully saturated rings. The molecule has 0 aromatic carbocycles. The number of aryl methyl sites for hydroxylation is 1. The number of fused-ring (bicyclic) bond motifs is 1. The summed E-state index contributed by atoms with van der Waals surface area (Å²) in [7, 11) is -3.64. The molecule has 0 radical (unpaired) electrons. The van der Waals surface area contributed by atoms with Gasteiger partial charge in [0.25, 0.3) is 5.16 Å². The van der Waals surface area contributed by atoms with E-state index in [0.29, 0.717) is 24.0 Å². The Balaban J connectivity index is 2.73. The molecule has 2 aromatic heterocycles. The van der Waals surface area contributed by atoms with Crippen molar-refractivity contribution in [2.24, 2.45) is 0 Å². The summed E-state index contributed by atoms with van der Waals surface area (Å²) in [5.41, 5.74) is 0.0195. The van der Waals surface area contributed by atoms with E-state index >= 15 is 0 Å². The van der Waals surface area contributed by atoms with Gasteiger partial charge in [0.05, 0.1) is 6.61 Å². The summed E-state index contributed by atoms with van der Waals surface area (Å²) in [6.07, 6.45) is 3.27. The first-order chi connectivity index (χ1) is 10.4. The minimum Gasteiger partial charge on any atom is -0.477 e. The van der Waals surface area contributed by atoms with Crippen molar-refractivity contribution in [1.82, 2.24) is 9.97 Å². The van der Waals surface area contributed by atoms with Crippen molar-refractivity contribution in [3.8, 4) is 5.88 Å². The number of nitrogens with zero attached hydrogens (tertiary/aromatic N) is 2. The first-order valence-corrected chi connectivity index (χ1v) is 8.93. The van der Waals surface area contributed by atoms with Gasteiger partial charge >= 0.3 is 5.63 Å². The highest BCUT2D eigenvalue weighted by atomic mass is 32.2. The van der Waals surface area contributed by atoms with Crippen molar-refractivity contribution in [3.63, 3.8) is 0 Å². The van der Waals surface area contributed by atoms with Crippen LogP contribution in [0.15, 0.2) is 20.4 Å². The lowest BCUT2D eigenvalue weighted by Crippen LogP contribution is -2.10. The van der Waals surface area contributed by atoms with Gasteiger partial charge in [0.1, 0.15) is 5.39 Å². The molecule has 0 bridgehead atoms. The Morgan fingerprint density at radius 1 is 1.27 bits per heavy atom. The van der Waals surface area contributed by atoms with Gasteiger partial charge in [-0.2, -0.15) is 9.97 Å². The molecule has 2 rings (SSSR count). The van der Waals surface area contributed by atoms with Crippen LogP contribution >= 0.6 is 0 Å². The van der Waals surface area contributed by atoms with Crippen LogP contribution in [0.4, 0.5) is 0 Å². The maximum Gasteiger partial charge on any atom is 0.337 e. The first-order valence-electron chi connectivity index (χ1n) is 7.04. The second-order valence-corrected chi connectivity index (χ2v) is 6.82. The van der Waals surface area contributed by atoms with Gasteiger partial charge in [0, 0.05) is 12.3 Å². The third kappa shape index (κ3) is 3.44. The average Bonchev–Trinajstić information content (AvgIpc) is 2.44. The molecule has 0 aliphatic rings. The van der Waals surface area contributed by atoms with Crippen molar-refractivity contribution < 1.29 is 17.6 Å². The molecule has 0 atom stereocenters. The van der Waals surface area contributed by atoms with Crippen LogP contribution < -0.4 is 10.4 Å². The number of hydrogen-bond donors (Lipinski definition) is 0. The molecule has 22 heavy (non-hydrogen) atoms. The van der Waals surface area contributed by atoms with E-state index in [1.807, 2.05) is 13.8 Å². The molecule has 0 saturated heterocycles. The predicted octanol–water partition coefficient (Wildman–Crippen LogP) is 1.73. The van der Waals surface area contributed by atoms with E-state index in [4.69, 9.17) is 9.15 Å². The molecule has 7 nitrogen and oxygen atoms in total.